The summed E-state index contributed by atoms with van der Waals surface area (Å²) in [4.78, 5) is 23.9. The maximum Gasteiger partial charge on any atom is 0.277 e. The Hall–Kier alpha value is -3.55. The van der Waals surface area contributed by atoms with Gasteiger partial charge in [-0.15, -0.1) is 0 Å². The number of carbonyl (C=O) groups excluding carboxylic acids is 2. The smallest absolute Gasteiger partial charge is 0.277 e. The first-order chi connectivity index (χ1) is 13.6. The van der Waals surface area contributed by atoms with E-state index in [1.165, 1.54) is 0 Å². The van der Waals surface area contributed by atoms with Crippen molar-refractivity contribution in [3.8, 4) is 17.2 Å². The fraction of sp³-hybridized carbons (Fsp3) is 0.250. The molecule has 1 aliphatic heterocycles. The van der Waals surface area contributed by atoms with Crippen molar-refractivity contribution in [2.45, 2.75) is 13.3 Å². The molecule has 28 heavy (non-hydrogen) atoms. The Bertz CT molecular complexity index is 867. The van der Waals surface area contributed by atoms with Gasteiger partial charge < -0.3 is 19.5 Å². The predicted octanol–water partition coefficient (Wildman–Crippen LogP) is 2.36. The molecule has 146 valence electrons. The number of para-hydroxylation sites is 1. The van der Waals surface area contributed by atoms with Crippen molar-refractivity contribution in [3.05, 3.63) is 48.5 Å². The molecule has 0 saturated heterocycles. The highest BCUT2D eigenvalue weighted by Gasteiger charge is 2.13. The van der Waals surface area contributed by atoms with E-state index in [-0.39, 0.29) is 18.9 Å². The Balaban J connectivity index is 1.43. The molecule has 0 radical (unpaired) electrons. The molecule has 0 fully saturated rings. The first-order valence-electron chi connectivity index (χ1n) is 8.79. The van der Waals surface area contributed by atoms with Gasteiger partial charge in [-0.2, -0.15) is 5.10 Å². The van der Waals surface area contributed by atoms with Crippen LogP contribution >= 0.6 is 0 Å². The van der Waals surface area contributed by atoms with E-state index in [9.17, 15) is 9.59 Å². The highest BCUT2D eigenvalue weighted by atomic mass is 16.6. The van der Waals surface area contributed by atoms with Gasteiger partial charge >= 0.3 is 0 Å². The van der Waals surface area contributed by atoms with Crippen LogP contribution in [0.15, 0.2) is 53.6 Å². The molecule has 0 unspecified atom stereocenters. The zero-order chi connectivity index (χ0) is 19.8. The third kappa shape index (κ3) is 5.73. The molecule has 2 N–H and O–H groups in total. The molecule has 0 spiro atoms. The highest BCUT2D eigenvalue weighted by Crippen LogP contribution is 2.32. The van der Waals surface area contributed by atoms with E-state index in [0.29, 0.717) is 41.9 Å². The summed E-state index contributed by atoms with van der Waals surface area (Å²) < 4.78 is 16.3. The lowest BCUT2D eigenvalue weighted by Crippen LogP contribution is -2.26. The van der Waals surface area contributed by atoms with Crippen molar-refractivity contribution in [1.82, 2.24) is 5.43 Å². The lowest BCUT2D eigenvalue weighted by molar-refractivity contribution is -0.123. The van der Waals surface area contributed by atoms with E-state index in [4.69, 9.17) is 14.2 Å². The summed E-state index contributed by atoms with van der Waals surface area (Å²) >= 11 is 0. The number of benzene rings is 2. The minimum atomic E-state index is -0.407. The SMILES string of the molecule is C/C(CC(=O)Nc1ccc2c(c1)OCCO2)=N/NC(=O)COc1ccccc1. The lowest BCUT2D eigenvalue weighted by Gasteiger charge is -2.19. The number of hydrogen-bond acceptors (Lipinski definition) is 6. The van der Waals surface area contributed by atoms with Gasteiger partial charge in [-0.3, -0.25) is 9.59 Å². The molecule has 8 heteroatoms. The Kier molecular flexibility index (Phi) is 6.46. The molecule has 0 aliphatic carbocycles. The van der Waals surface area contributed by atoms with Gasteiger partial charge in [0, 0.05) is 17.5 Å². The molecular weight excluding hydrogens is 362 g/mol. The van der Waals surface area contributed by atoms with Gasteiger partial charge in [0.2, 0.25) is 5.91 Å². The number of ether oxygens (including phenoxy) is 3. The molecule has 0 bridgehead atoms. The summed E-state index contributed by atoms with van der Waals surface area (Å²) in [5.41, 5.74) is 3.43. The quantitative estimate of drug-likeness (QED) is 0.565. The molecule has 2 amide bonds. The van der Waals surface area contributed by atoms with Gasteiger partial charge in [0.05, 0.1) is 6.42 Å². The third-order valence-electron chi connectivity index (χ3n) is 3.73. The zero-order valence-electron chi connectivity index (χ0n) is 15.4. The van der Waals surface area contributed by atoms with Gasteiger partial charge in [-0.25, -0.2) is 5.43 Å². The van der Waals surface area contributed by atoms with E-state index in [1.54, 1.807) is 37.3 Å². The largest absolute Gasteiger partial charge is 0.486 e. The standard InChI is InChI=1S/C20H21N3O5/c1-14(22-23-20(25)13-28-16-5-3-2-4-6-16)11-19(24)21-15-7-8-17-18(12-15)27-10-9-26-17/h2-8,12H,9-11,13H2,1H3,(H,21,24)(H,23,25)/b22-14-. The normalized spacial score (nSPS) is 12.8. The Morgan fingerprint density at radius 1 is 1.04 bits per heavy atom. The molecule has 2 aromatic rings. The molecule has 3 rings (SSSR count). The summed E-state index contributed by atoms with van der Waals surface area (Å²) in [7, 11) is 0. The summed E-state index contributed by atoms with van der Waals surface area (Å²) in [5.74, 6) is 1.18. The fourth-order valence-electron chi connectivity index (χ4n) is 2.45. The van der Waals surface area contributed by atoms with Crippen LogP contribution in [0.2, 0.25) is 0 Å². The van der Waals surface area contributed by atoms with Gasteiger partial charge in [0.15, 0.2) is 18.1 Å². The Morgan fingerprint density at radius 2 is 1.79 bits per heavy atom. The van der Waals surface area contributed by atoms with Crippen molar-refractivity contribution >= 4 is 23.2 Å². The first-order valence-corrected chi connectivity index (χ1v) is 8.79. The van der Waals surface area contributed by atoms with Crippen molar-refractivity contribution in [3.63, 3.8) is 0 Å². The van der Waals surface area contributed by atoms with Crippen LogP contribution in [0.3, 0.4) is 0 Å². The Morgan fingerprint density at radius 3 is 2.57 bits per heavy atom. The number of hydrogen-bond donors (Lipinski definition) is 2. The lowest BCUT2D eigenvalue weighted by atomic mass is 10.2. The van der Waals surface area contributed by atoms with Crippen LogP contribution < -0.4 is 25.0 Å². The predicted molar refractivity (Wildman–Crippen MR) is 104 cm³/mol. The van der Waals surface area contributed by atoms with Crippen LogP contribution in [0.25, 0.3) is 0 Å². The summed E-state index contributed by atoms with van der Waals surface area (Å²) in [6.07, 6.45) is 0.0360. The van der Waals surface area contributed by atoms with Crippen LogP contribution in [-0.2, 0) is 9.59 Å². The molecule has 8 nitrogen and oxygen atoms in total. The van der Waals surface area contributed by atoms with E-state index < -0.39 is 5.91 Å². The number of nitrogens with zero attached hydrogens (tertiary/aromatic N) is 1. The van der Waals surface area contributed by atoms with Crippen molar-refractivity contribution in [2.24, 2.45) is 5.10 Å². The van der Waals surface area contributed by atoms with Crippen LogP contribution in [-0.4, -0.2) is 37.3 Å². The minimum absolute atomic E-state index is 0.0360. The number of fused-ring (bicyclic) bond motifs is 1. The summed E-state index contributed by atoms with van der Waals surface area (Å²) in [6.45, 7) is 2.48. The van der Waals surface area contributed by atoms with Crippen LogP contribution in [0, 0.1) is 0 Å². The second-order valence-electron chi connectivity index (χ2n) is 6.07. The topological polar surface area (TPSA) is 98.3 Å². The van der Waals surface area contributed by atoms with Gasteiger partial charge in [-0.1, -0.05) is 18.2 Å². The molecule has 1 heterocycles. The molecule has 0 atom stereocenters. The van der Waals surface area contributed by atoms with Gasteiger partial charge in [0.1, 0.15) is 19.0 Å². The number of rotatable bonds is 7. The van der Waals surface area contributed by atoms with E-state index in [1.807, 2.05) is 18.2 Å². The minimum Gasteiger partial charge on any atom is -0.486 e. The van der Waals surface area contributed by atoms with E-state index in [0.717, 1.165) is 0 Å². The van der Waals surface area contributed by atoms with E-state index in [2.05, 4.69) is 15.8 Å². The average molecular weight is 383 g/mol. The highest BCUT2D eigenvalue weighted by molar-refractivity contribution is 6.05. The Labute approximate surface area is 162 Å². The van der Waals surface area contributed by atoms with Crippen molar-refractivity contribution < 1.29 is 23.8 Å². The van der Waals surface area contributed by atoms with E-state index >= 15 is 0 Å². The molecule has 1 aliphatic rings. The monoisotopic (exact) mass is 383 g/mol. The van der Waals surface area contributed by atoms with Gasteiger partial charge in [-0.05, 0) is 31.2 Å². The maximum absolute atomic E-state index is 12.1. The summed E-state index contributed by atoms with van der Waals surface area (Å²) in [6, 6.07) is 14.2. The second-order valence-corrected chi connectivity index (χ2v) is 6.07. The molecule has 0 aromatic heterocycles. The van der Waals surface area contributed by atoms with Crippen LogP contribution in [0.1, 0.15) is 13.3 Å². The fourth-order valence-corrected chi connectivity index (χ4v) is 2.45. The van der Waals surface area contributed by atoms with Crippen molar-refractivity contribution in [2.75, 3.05) is 25.1 Å². The number of hydrazone groups is 1. The second kappa shape index (κ2) is 9.40. The molecule has 0 saturated carbocycles. The van der Waals surface area contributed by atoms with Crippen LogP contribution in [0.5, 0.6) is 17.2 Å². The number of anilines is 1. The number of carbonyl (C=O) groups is 2. The van der Waals surface area contributed by atoms with Crippen LogP contribution in [0.4, 0.5) is 5.69 Å². The van der Waals surface area contributed by atoms with Crippen molar-refractivity contribution in [1.29, 1.82) is 0 Å². The maximum atomic E-state index is 12.1. The average Bonchev–Trinajstić information content (AvgIpc) is 2.71. The molecular formula is C20H21N3O5. The summed E-state index contributed by atoms with van der Waals surface area (Å²) in [5, 5.41) is 6.68. The number of amides is 2. The molecule has 2 aromatic carbocycles. The zero-order valence-corrected chi connectivity index (χ0v) is 15.4. The number of nitrogens with one attached hydrogen (secondary N) is 2. The van der Waals surface area contributed by atoms with Gasteiger partial charge in [0.25, 0.3) is 5.91 Å². The first kappa shape index (κ1) is 19.2. The third-order valence-corrected chi connectivity index (χ3v) is 3.73.